The first kappa shape index (κ1) is 20.4. The number of Topliss-reactive ketones (excluding diaryl/α,β-unsaturated/α-hetero) is 1. The van der Waals surface area contributed by atoms with Crippen LogP contribution >= 0.6 is 11.3 Å². The Hall–Kier alpha value is -3.50. The summed E-state index contributed by atoms with van der Waals surface area (Å²) in [7, 11) is 2.11. The lowest BCUT2D eigenvalue weighted by atomic mass is 10.1. The molecule has 0 atom stereocenters. The number of likely N-dealkylation sites (N-methyl/N-ethyl adjacent to an activating group) is 1. The summed E-state index contributed by atoms with van der Waals surface area (Å²) in [6.45, 7) is 3.78. The second kappa shape index (κ2) is 8.56. The van der Waals surface area contributed by atoms with Gasteiger partial charge in [0.05, 0.1) is 18.1 Å². The number of nitrogens with zero attached hydrogens (tertiary/aromatic N) is 7. The SMILES string of the molecule is CN1CCN(c2cc(C(=O)Cc3cc4cc(-c5nnc(N)s5)cnc4cn3)ccn2)CC1. The number of anilines is 2. The minimum absolute atomic E-state index is 0.00985. The topological polar surface area (TPSA) is 114 Å². The maximum atomic E-state index is 13.0. The second-order valence-electron chi connectivity index (χ2n) is 7.83. The van der Waals surface area contributed by atoms with E-state index in [1.807, 2.05) is 18.2 Å². The van der Waals surface area contributed by atoms with Gasteiger partial charge in [0, 0.05) is 60.8 Å². The molecule has 0 aromatic carbocycles. The smallest absolute Gasteiger partial charge is 0.203 e. The van der Waals surface area contributed by atoms with Crippen molar-refractivity contribution in [2.24, 2.45) is 0 Å². The van der Waals surface area contributed by atoms with Gasteiger partial charge in [0.2, 0.25) is 5.13 Å². The van der Waals surface area contributed by atoms with E-state index in [9.17, 15) is 4.79 Å². The lowest BCUT2D eigenvalue weighted by molar-refractivity contribution is 0.0992. The van der Waals surface area contributed by atoms with Crippen molar-refractivity contribution in [2.75, 3.05) is 43.9 Å². The molecule has 4 aromatic rings. The Morgan fingerprint density at radius 2 is 1.91 bits per heavy atom. The van der Waals surface area contributed by atoms with E-state index >= 15 is 0 Å². The van der Waals surface area contributed by atoms with Crippen LogP contribution in [0, 0.1) is 0 Å². The van der Waals surface area contributed by atoms with Crippen molar-refractivity contribution in [2.45, 2.75) is 6.42 Å². The van der Waals surface area contributed by atoms with E-state index < -0.39 is 0 Å². The first-order valence-electron chi connectivity index (χ1n) is 10.3. The van der Waals surface area contributed by atoms with Gasteiger partial charge in [-0.3, -0.25) is 14.8 Å². The fourth-order valence-corrected chi connectivity index (χ4v) is 4.30. The lowest BCUT2D eigenvalue weighted by Crippen LogP contribution is -2.44. The van der Waals surface area contributed by atoms with Crippen LogP contribution in [0.5, 0.6) is 0 Å². The van der Waals surface area contributed by atoms with Crippen LogP contribution in [0.4, 0.5) is 10.9 Å². The predicted molar refractivity (Wildman–Crippen MR) is 125 cm³/mol. The number of hydrogen-bond acceptors (Lipinski definition) is 10. The minimum atomic E-state index is 0.00985. The van der Waals surface area contributed by atoms with E-state index in [2.05, 4.69) is 42.0 Å². The third kappa shape index (κ3) is 4.27. The van der Waals surface area contributed by atoms with Crippen molar-refractivity contribution >= 4 is 39.0 Å². The average molecular weight is 447 g/mol. The van der Waals surface area contributed by atoms with Crippen molar-refractivity contribution in [3.8, 4) is 10.6 Å². The molecule has 1 saturated heterocycles. The number of piperazine rings is 1. The number of nitrogen functional groups attached to an aromatic ring is 1. The largest absolute Gasteiger partial charge is 0.374 e. The summed E-state index contributed by atoms with van der Waals surface area (Å²) in [5, 5.41) is 9.94. The van der Waals surface area contributed by atoms with Gasteiger partial charge in [-0.15, -0.1) is 10.2 Å². The summed E-state index contributed by atoms with van der Waals surface area (Å²) in [6.07, 6.45) is 5.33. The van der Waals surface area contributed by atoms with Gasteiger partial charge in [-0.05, 0) is 31.3 Å². The Morgan fingerprint density at radius 3 is 2.69 bits per heavy atom. The van der Waals surface area contributed by atoms with E-state index in [0.29, 0.717) is 21.4 Å². The Bertz CT molecular complexity index is 1280. The summed E-state index contributed by atoms with van der Waals surface area (Å²) >= 11 is 1.31. The van der Waals surface area contributed by atoms with Crippen molar-refractivity contribution in [3.63, 3.8) is 0 Å². The van der Waals surface area contributed by atoms with E-state index in [0.717, 1.165) is 48.5 Å². The molecule has 0 unspecified atom stereocenters. The van der Waals surface area contributed by atoms with Crippen molar-refractivity contribution in [1.82, 2.24) is 30.0 Å². The molecule has 4 aromatic heterocycles. The number of rotatable bonds is 5. The third-order valence-corrected chi connectivity index (χ3v) is 6.35. The average Bonchev–Trinajstić information content (AvgIpc) is 3.25. The van der Waals surface area contributed by atoms with E-state index in [1.165, 1.54) is 11.3 Å². The summed E-state index contributed by atoms with van der Waals surface area (Å²) < 4.78 is 0. The highest BCUT2D eigenvalue weighted by molar-refractivity contribution is 7.18. The minimum Gasteiger partial charge on any atom is -0.374 e. The fraction of sp³-hybridized carbons (Fsp3) is 0.273. The zero-order valence-electron chi connectivity index (χ0n) is 17.6. The monoisotopic (exact) mass is 446 g/mol. The Kier molecular flexibility index (Phi) is 5.46. The zero-order valence-corrected chi connectivity index (χ0v) is 18.4. The van der Waals surface area contributed by atoms with E-state index in [4.69, 9.17) is 5.73 Å². The molecule has 0 saturated carbocycles. The molecule has 32 heavy (non-hydrogen) atoms. The Labute approximate surface area is 189 Å². The number of carbonyl (C=O) groups excluding carboxylic acids is 1. The van der Waals surface area contributed by atoms with Crippen LogP contribution in [-0.4, -0.2) is 69.1 Å². The first-order valence-corrected chi connectivity index (χ1v) is 11.1. The number of pyridine rings is 3. The normalized spacial score (nSPS) is 14.7. The molecule has 9 nitrogen and oxygen atoms in total. The highest BCUT2D eigenvalue weighted by Crippen LogP contribution is 2.26. The molecule has 0 spiro atoms. The molecule has 0 aliphatic carbocycles. The number of fused-ring (bicyclic) bond motifs is 1. The number of ketones is 1. The summed E-state index contributed by atoms with van der Waals surface area (Å²) in [6, 6.07) is 7.52. The molecule has 162 valence electrons. The molecule has 10 heteroatoms. The van der Waals surface area contributed by atoms with Crippen LogP contribution in [0.2, 0.25) is 0 Å². The molecule has 0 radical (unpaired) electrons. The van der Waals surface area contributed by atoms with Crippen LogP contribution in [-0.2, 0) is 6.42 Å². The van der Waals surface area contributed by atoms with Gasteiger partial charge in [0.1, 0.15) is 5.82 Å². The van der Waals surface area contributed by atoms with Crippen LogP contribution in [0.15, 0.2) is 42.9 Å². The molecule has 5 rings (SSSR count). The van der Waals surface area contributed by atoms with Gasteiger partial charge >= 0.3 is 0 Å². The Morgan fingerprint density at radius 1 is 1.06 bits per heavy atom. The van der Waals surface area contributed by atoms with Crippen LogP contribution in [0.25, 0.3) is 21.5 Å². The molecule has 0 bridgehead atoms. The van der Waals surface area contributed by atoms with Crippen molar-refractivity contribution < 1.29 is 4.79 Å². The van der Waals surface area contributed by atoms with Crippen LogP contribution < -0.4 is 10.6 Å². The van der Waals surface area contributed by atoms with E-state index in [1.54, 1.807) is 24.7 Å². The van der Waals surface area contributed by atoms with Crippen molar-refractivity contribution in [1.29, 1.82) is 0 Å². The van der Waals surface area contributed by atoms with Gasteiger partial charge in [-0.25, -0.2) is 4.98 Å². The highest BCUT2D eigenvalue weighted by Gasteiger charge is 2.17. The van der Waals surface area contributed by atoms with Gasteiger partial charge < -0.3 is 15.5 Å². The molecular weight excluding hydrogens is 424 g/mol. The third-order valence-electron chi connectivity index (χ3n) is 5.55. The Balaban J connectivity index is 1.36. The van der Waals surface area contributed by atoms with Gasteiger partial charge in [-0.2, -0.15) is 0 Å². The number of nitrogens with two attached hydrogens (primary N) is 1. The first-order chi connectivity index (χ1) is 15.5. The van der Waals surface area contributed by atoms with Gasteiger partial charge in [-0.1, -0.05) is 11.3 Å². The molecule has 1 fully saturated rings. The molecule has 1 aliphatic heterocycles. The molecule has 0 amide bonds. The van der Waals surface area contributed by atoms with Gasteiger partial charge in [0.25, 0.3) is 0 Å². The number of aromatic nitrogens is 5. The molecule has 2 N–H and O–H groups in total. The predicted octanol–water partition coefficient (Wildman–Crippen LogP) is 2.30. The maximum Gasteiger partial charge on any atom is 0.203 e. The van der Waals surface area contributed by atoms with Gasteiger partial charge in [0.15, 0.2) is 10.8 Å². The standard InChI is InChI=1S/C22H22N8OS/c1-29-4-6-30(7-5-29)20-10-14(2-3-24-20)19(31)11-17-9-15-8-16(12-26-18(15)13-25-17)21-27-28-22(23)32-21/h2-3,8-10,12-13H,4-7,11H2,1H3,(H2,23,28). The highest BCUT2D eigenvalue weighted by atomic mass is 32.1. The summed E-state index contributed by atoms with van der Waals surface area (Å²) in [5.74, 6) is 0.858. The zero-order chi connectivity index (χ0) is 22.1. The summed E-state index contributed by atoms with van der Waals surface area (Å²) in [5.41, 5.74) is 8.62. The lowest BCUT2D eigenvalue weighted by Gasteiger charge is -2.33. The summed E-state index contributed by atoms with van der Waals surface area (Å²) in [4.78, 5) is 30.9. The second-order valence-corrected chi connectivity index (χ2v) is 8.84. The molecule has 5 heterocycles. The number of carbonyl (C=O) groups is 1. The molecule has 1 aliphatic rings. The molecular formula is C22H22N8OS. The fourth-order valence-electron chi connectivity index (χ4n) is 3.71. The van der Waals surface area contributed by atoms with E-state index in [-0.39, 0.29) is 12.2 Å². The quantitative estimate of drug-likeness (QED) is 0.461. The van der Waals surface area contributed by atoms with Crippen LogP contribution in [0.1, 0.15) is 16.1 Å². The van der Waals surface area contributed by atoms with Crippen molar-refractivity contribution in [3.05, 3.63) is 54.1 Å². The number of hydrogen-bond donors (Lipinski definition) is 1. The van der Waals surface area contributed by atoms with Crippen LogP contribution in [0.3, 0.4) is 0 Å². The maximum absolute atomic E-state index is 13.0.